The van der Waals surface area contributed by atoms with E-state index in [1.807, 2.05) is 0 Å². The number of methoxy groups -OCH3 is 2. The van der Waals surface area contributed by atoms with Crippen molar-refractivity contribution >= 4 is 11.1 Å². The lowest BCUT2D eigenvalue weighted by Crippen LogP contribution is -1.98. The summed E-state index contributed by atoms with van der Waals surface area (Å²) in [4.78, 5) is 0.160. The van der Waals surface area contributed by atoms with Crippen molar-refractivity contribution in [3.63, 3.8) is 0 Å². The van der Waals surface area contributed by atoms with Crippen LogP contribution in [0.25, 0.3) is 0 Å². The second-order valence-electron chi connectivity index (χ2n) is 2.24. The van der Waals surface area contributed by atoms with Crippen LogP contribution in [0.4, 0.5) is 0 Å². The average molecular weight is 202 g/mol. The van der Waals surface area contributed by atoms with Crippen molar-refractivity contribution in [3.8, 4) is 11.5 Å². The molecule has 0 saturated carbocycles. The van der Waals surface area contributed by atoms with Crippen molar-refractivity contribution in [2.75, 3.05) is 14.2 Å². The minimum absolute atomic E-state index is 0.160. The fraction of sp³-hybridized carbons (Fsp3) is 0.250. The quantitative estimate of drug-likeness (QED) is 0.750. The van der Waals surface area contributed by atoms with Gasteiger partial charge in [-0.15, -0.1) is 0 Å². The van der Waals surface area contributed by atoms with Gasteiger partial charge in [0.1, 0.15) is 11.5 Å². The van der Waals surface area contributed by atoms with E-state index in [2.05, 4.69) is 0 Å². The van der Waals surface area contributed by atoms with Gasteiger partial charge in [-0.3, -0.25) is 0 Å². The summed E-state index contributed by atoms with van der Waals surface area (Å²) in [5.41, 5.74) is 0. The molecule has 0 heterocycles. The van der Waals surface area contributed by atoms with Crippen LogP contribution in [0.2, 0.25) is 0 Å². The van der Waals surface area contributed by atoms with Crippen LogP contribution in [-0.2, 0) is 11.1 Å². The van der Waals surface area contributed by atoms with E-state index < -0.39 is 11.1 Å². The van der Waals surface area contributed by atoms with E-state index in [4.69, 9.17) is 14.0 Å². The lowest BCUT2D eigenvalue weighted by atomic mass is 10.3. The molecule has 0 aromatic heterocycles. The molecule has 0 aliphatic rings. The maximum absolute atomic E-state index is 10.9. The monoisotopic (exact) mass is 202 g/mol. The third-order valence-corrected chi connectivity index (χ3v) is 2.31. The SMILES string of the molecule is COc1cccc(OC)c1S(=O)O. The van der Waals surface area contributed by atoms with Crippen LogP contribution in [0.3, 0.4) is 0 Å². The van der Waals surface area contributed by atoms with E-state index in [1.54, 1.807) is 18.2 Å². The number of hydrogen-bond donors (Lipinski definition) is 1. The van der Waals surface area contributed by atoms with Crippen molar-refractivity contribution in [1.82, 2.24) is 0 Å². The standard InChI is InChI=1S/C8H10O4S/c1-11-6-4-3-5-7(12-2)8(6)13(9)10/h3-5H,1-2H3,(H,9,10). The number of ether oxygens (including phenoxy) is 2. The van der Waals surface area contributed by atoms with Crippen LogP contribution >= 0.6 is 0 Å². The van der Waals surface area contributed by atoms with Gasteiger partial charge in [0.2, 0.25) is 0 Å². The van der Waals surface area contributed by atoms with Gasteiger partial charge in [0.15, 0.2) is 16.0 Å². The summed E-state index contributed by atoms with van der Waals surface area (Å²) in [5.74, 6) is 0.695. The molecule has 0 aliphatic heterocycles. The van der Waals surface area contributed by atoms with Gasteiger partial charge in [-0.05, 0) is 12.1 Å². The molecule has 1 unspecified atom stereocenters. The van der Waals surface area contributed by atoms with Crippen LogP contribution in [-0.4, -0.2) is 23.0 Å². The van der Waals surface area contributed by atoms with Crippen molar-refractivity contribution < 1.29 is 18.2 Å². The highest BCUT2D eigenvalue weighted by molar-refractivity contribution is 7.79. The molecule has 72 valence electrons. The zero-order chi connectivity index (χ0) is 9.84. The predicted octanol–water partition coefficient (Wildman–Crippen LogP) is 1.28. The van der Waals surface area contributed by atoms with E-state index in [0.717, 1.165) is 0 Å². The van der Waals surface area contributed by atoms with Gasteiger partial charge in [-0.25, -0.2) is 4.21 Å². The van der Waals surface area contributed by atoms with Crippen molar-refractivity contribution in [3.05, 3.63) is 18.2 Å². The molecule has 0 spiro atoms. The smallest absolute Gasteiger partial charge is 0.194 e. The van der Waals surface area contributed by atoms with Gasteiger partial charge in [0, 0.05) is 0 Å². The molecule has 0 saturated heterocycles. The molecule has 0 radical (unpaired) electrons. The predicted molar refractivity (Wildman–Crippen MR) is 48.6 cm³/mol. The number of rotatable bonds is 3. The number of hydrogen-bond acceptors (Lipinski definition) is 3. The lowest BCUT2D eigenvalue weighted by Gasteiger charge is -2.08. The fourth-order valence-electron chi connectivity index (χ4n) is 0.989. The van der Waals surface area contributed by atoms with E-state index in [1.165, 1.54) is 14.2 Å². The Balaban J connectivity index is 3.29. The third-order valence-electron chi connectivity index (χ3n) is 1.56. The molecule has 1 rings (SSSR count). The van der Waals surface area contributed by atoms with Crippen LogP contribution in [0, 0.1) is 0 Å². The van der Waals surface area contributed by atoms with E-state index in [9.17, 15) is 4.21 Å². The first-order valence-corrected chi connectivity index (χ1v) is 4.63. The summed E-state index contributed by atoms with van der Waals surface area (Å²) in [5, 5.41) is 0. The second-order valence-corrected chi connectivity index (χ2v) is 3.15. The zero-order valence-electron chi connectivity index (χ0n) is 7.31. The first kappa shape index (κ1) is 10.0. The lowest BCUT2D eigenvalue weighted by molar-refractivity contribution is 0.372. The van der Waals surface area contributed by atoms with Gasteiger partial charge >= 0.3 is 0 Å². The van der Waals surface area contributed by atoms with Gasteiger partial charge in [-0.2, -0.15) is 0 Å². The highest BCUT2D eigenvalue weighted by Gasteiger charge is 2.14. The van der Waals surface area contributed by atoms with Crippen molar-refractivity contribution in [1.29, 1.82) is 0 Å². The molecule has 1 atom stereocenters. The minimum atomic E-state index is -2.10. The maximum atomic E-state index is 10.9. The molecule has 4 nitrogen and oxygen atoms in total. The van der Waals surface area contributed by atoms with Crippen LogP contribution in [0.1, 0.15) is 0 Å². The Morgan fingerprint density at radius 1 is 1.23 bits per heavy atom. The van der Waals surface area contributed by atoms with Crippen LogP contribution < -0.4 is 9.47 Å². The van der Waals surface area contributed by atoms with Gasteiger partial charge in [0.05, 0.1) is 14.2 Å². The zero-order valence-corrected chi connectivity index (χ0v) is 8.13. The average Bonchev–Trinajstić information content (AvgIpc) is 2.16. The van der Waals surface area contributed by atoms with Crippen LogP contribution in [0.15, 0.2) is 23.1 Å². The van der Waals surface area contributed by atoms with Crippen molar-refractivity contribution in [2.24, 2.45) is 0 Å². The van der Waals surface area contributed by atoms with E-state index >= 15 is 0 Å². The fourth-order valence-corrected chi connectivity index (χ4v) is 1.64. The molecule has 13 heavy (non-hydrogen) atoms. The first-order valence-electron chi connectivity index (χ1n) is 3.52. The largest absolute Gasteiger partial charge is 0.495 e. The molecule has 0 amide bonds. The Morgan fingerprint density at radius 3 is 2.00 bits per heavy atom. The Labute approximate surface area is 78.8 Å². The molecule has 0 aliphatic carbocycles. The molecule has 1 aromatic rings. The molecule has 5 heteroatoms. The highest BCUT2D eigenvalue weighted by Crippen LogP contribution is 2.30. The van der Waals surface area contributed by atoms with E-state index in [-0.39, 0.29) is 4.90 Å². The van der Waals surface area contributed by atoms with E-state index in [0.29, 0.717) is 11.5 Å². The molecule has 0 fully saturated rings. The van der Waals surface area contributed by atoms with Gasteiger partial charge in [0.25, 0.3) is 0 Å². The van der Waals surface area contributed by atoms with Crippen LogP contribution in [0.5, 0.6) is 11.5 Å². The topological polar surface area (TPSA) is 55.8 Å². The molecular formula is C8H10O4S. The Morgan fingerprint density at radius 2 is 1.69 bits per heavy atom. The highest BCUT2D eigenvalue weighted by atomic mass is 32.2. The Bertz CT molecular complexity index is 302. The summed E-state index contributed by atoms with van der Waals surface area (Å²) >= 11 is -2.10. The Hall–Kier alpha value is -1.07. The molecular weight excluding hydrogens is 192 g/mol. The summed E-state index contributed by atoms with van der Waals surface area (Å²) in [6.07, 6.45) is 0. The Kier molecular flexibility index (Phi) is 3.27. The summed E-state index contributed by atoms with van der Waals surface area (Å²) in [6.45, 7) is 0. The van der Waals surface area contributed by atoms with Gasteiger partial charge in [-0.1, -0.05) is 6.07 Å². The number of benzene rings is 1. The first-order chi connectivity index (χ1) is 6.20. The molecule has 1 aromatic carbocycles. The normalized spacial score (nSPS) is 12.2. The molecule has 1 N–H and O–H groups in total. The summed E-state index contributed by atoms with van der Waals surface area (Å²) in [7, 11) is 2.87. The maximum Gasteiger partial charge on any atom is 0.194 e. The summed E-state index contributed by atoms with van der Waals surface area (Å²) < 4.78 is 29.7. The summed E-state index contributed by atoms with van der Waals surface area (Å²) in [6, 6.07) is 4.89. The van der Waals surface area contributed by atoms with Crippen molar-refractivity contribution in [2.45, 2.75) is 4.90 Å². The third kappa shape index (κ3) is 1.99. The minimum Gasteiger partial charge on any atom is -0.495 e. The molecule has 0 bridgehead atoms. The second kappa shape index (κ2) is 4.25. The van der Waals surface area contributed by atoms with Gasteiger partial charge < -0.3 is 14.0 Å².